The summed E-state index contributed by atoms with van der Waals surface area (Å²) in [4.78, 5) is 2.61. The van der Waals surface area contributed by atoms with Crippen LogP contribution in [0.1, 0.15) is 37.9 Å². The summed E-state index contributed by atoms with van der Waals surface area (Å²) < 4.78 is 6.58. The second-order valence-corrected chi connectivity index (χ2v) is 6.72. The molecule has 2 aliphatic heterocycles. The number of rotatable bonds is 3. The minimum absolute atomic E-state index is 0.666. The summed E-state index contributed by atoms with van der Waals surface area (Å²) in [5.74, 6) is 1.06. The molecule has 1 aromatic heterocycles. The van der Waals surface area contributed by atoms with E-state index in [0.717, 1.165) is 28.2 Å². The van der Waals surface area contributed by atoms with Gasteiger partial charge in [-0.25, -0.2) is 0 Å². The largest absolute Gasteiger partial charge is 0.454 e. The molecular formula is C14H21IN2O. The Balaban J connectivity index is 1.55. The van der Waals surface area contributed by atoms with Crippen molar-refractivity contribution in [2.75, 3.05) is 7.05 Å². The van der Waals surface area contributed by atoms with Gasteiger partial charge in [-0.1, -0.05) is 6.42 Å². The van der Waals surface area contributed by atoms with Crippen LogP contribution in [0.25, 0.3) is 0 Å². The molecule has 2 bridgehead atoms. The van der Waals surface area contributed by atoms with Crippen LogP contribution in [0.15, 0.2) is 16.5 Å². The Kier molecular flexibility index (Phi) is 3.96. The van der Waals surface area contributed by atoms with Crippen molar-refractivity contribution in [3.8, 4) is 0 Å². The van der Waals surface area contributed by atoms with Gasteiger partial charge < -0.3 is 14.6 Å². The summed E-state index contributed by atoms with van der Waals surface area (Å²) in [5.41, 5.74) is 0. The van der Waals surface area contributed by atoms with Crippen molar-refractivity contribution in [2.45, 2.75) is 56.8 Å². The molecule has 0 aromatic carbocycles. The van der Waals surface area contributed by atoms with E-state index in [9.17, 15) is 0 Å². The van der Waals surface area contributed by atoms with Gasteiger partial charge in [-0.05, 0) is 67.5 Å². The number of nitrogens with one attached hydrogen (secondary N) is 1. The highest BCUT2D eigenvalue weighted by Crippen LogP contribution is 2.32. The Bertz CT molecular complexity index is 392. The molecule has 0 amide bonds. The first kappa shape index (κ1) is 12.9. The lowest BCUT2D eigenvalue weighted by Crippen LogP contribution is -2.54. The highest BCUT2D eigenvalue weighted by Gasteiger charge is 2.35. The van der Waals surface area contributed by atoms with Crippen LogP contribution >= 0.6 is 22.6 Å². The number of piperidine rings is 2. The molecule has 0 radical (unpaired) electrons. The molecule has 2 aliphatic rings. The fourth-order valence-electron chi connectivity index (χ4n) is 3.47. The maximum atomic E-state index is 5.60. The second kappa shape index (κ2) is 5.51. The molecule has 100 valence electrons. The van der Waals surface area contributed by atoms with Crippen LogP contribution < -0.4 is 5.32 Å². The summed E-state index contributed by atoms with van der Waals surface area (Å²) in [6, 6.07) is 6.36. The lowest BCUT2D eigenvalue weighted by atomic mass is 9.82. The molecule has 2 atom stereocenters. The van der Waals surface area contributed by atoms with Gasteiger partial charge in [0.05, 0.1) is 6.54 Å². The van der Waals surface area contributed by atoms with Crippen molar-refractivity contribution in [3.05, 3.63) is 21.7 Å². The summed E-state index contributed by atoms with van der Waals surface area (Å²) in [7, 11) is 2.31. The third kappa shape index (κ3) is 2.75. The SMILES string of the molecule is CN1C2CCCC1CC(NCc1ccc(I)o1)C2. The summed E-state index contributed by atoms with van der Waals surface area (Å²) in [6.07, 6.45) is 6.77. The molecule has 1 N–H and O–H groups in total. The number of fused-ring (bicyclic) bond motifs is 2. The molecule has 1 aromatic rings. The molecule has 4 heteroatoms. The highest BCUT2D eigenvalue weighted by atomic mass is 127. The van der Waals surface area contributed by atoms with E-state index in [1.165, 1.54) is 32.1 Å². The van der Waals surface area contributed by atoms with Crippen molar-refractivity contribution >= 4 is 22.6 Å². The fraction of sp³-hybridized carbons (Fsp3) is 0.714. The Morgan fingerprint density at radius 3 is 2.67 bits per heavy atom. The zero-order chi connectivity index (χ0) is 12.5. The van der Waals surface area contributed by atoms with E-state index in [1.807, 2.05) is 6.07 Å². The molecule has 3 heterocycles. The first-order valence-electron chi connectivity index (χ1n) is 6.92. The molecule has 3 rings (SSSR count). The molecule has 0 saturated carbocycles. The molecule has 18 heavy (non-hydrogen) atoms. The van der Waals surface area contributed by atoms with Crippen molar-refractivity contribution < 1.29 is 4.42 Å². The topological polar surface area (TPSA) is 28.4 Å². The van der Waals surface area contributed by atoms with Gasteiger partial charge >= 0.3 is 0 Å². The van der Waals surface area contributed by atoms with Crippen molar-refractivity contribution in [2.24, 2.45) is 0 Å². The standard InChI is InChI=1S/C14H21IN2O/c1-17-11-3-2-4-12(17)8-10(7-11)16-9-13-5-6-14(15)18-13/h5-6,10-12,16H,2-4,7-9H2,1H3. The lowest BCUT2D eigenvalue weighted by Gasteiger charge is -2.47. The van der Waals surface area contributed by atoms with E-state index < -0.39 is 0 Å². The van der Waals surface area contributed by atoms with Crippen LogP contribution in [-0.4, -0.2) is 30.1 Å². The fourth-order valence-corrected chi connectivity index (χ4v) is 3.94. The average Bonchev–Trinajstić information content (AvgIpc) is 2.73. The normalized spacial score (nSPS) is 32.7. The van der Waals surface area contributed by atoms with Crippen LogP contribution in [0.4, 0.5) is 0 Å². The number of halogens is 1. The van der Waals surface area contributed by atoms with Crippen LogP contribution in [0.2, 0.25) is 0 Å². The lowest BCUT2D eigenvalue weighted by molar-refractivity contribution is 0.0478. The summed E-state index contributed by atoms with van der Waals surface area (Å²) in [6.45, 7) is 0.872. The monoisotopic (exact) mass is 360 g/mol. The molecule has 2 unspecified atom stereocenters. The van der Waals surface area contributed by atoms with Crippen LogP contribution in [-0.2, 0) is 6.54 Å². The summed E-state index contributed by atoms with van der Waals surface area (Å²) >= 11 is 2.22. The highest BCUT2D eigenvalue weighted by molar-refractivity contribution is 14.1. The quantitative estimate of drug-likeness (QED) is 0.841. The predicted molar refractivity (Wildman–Crippen MR) is 80.5 cm³/mol. The summed E-state index contributed by atoms with van der Waals surface area (Å²) in [5, 5.41) is 3.68. The minimum Gasteiger partial charge on any atom is -0.454 e. The molecule has 0 spiro atoms. The first-order chi connectivity index (χ1) is 8.72. The molecule has 2 saturated heterocycles. The van der Waals surface area contributed by atoms with Gasteiger partial charge in [0.25, 0.3) is 0 Å². The number of furan rings is 1. The number of nitrogens with zero attached hydrogens (tertiary/aromatic N) is 1. The number of hydrogen-bond donors (Lipinski definition) is 1. The van der Waals surface area contributed by atoms with E-state index in [4.69, 9.17) is 4.42 Å². The third-order valence-electron chi connectivity index (χ3n) is 4.53. The van der Waals surface area contributed by atoms with Gasteiger partial charge in [-0.3, -0.25) is 0 Å². The zero-order valence-electron chi connectivity index (χ0n) is 10.9. The van der Waals surface area contributed by atoms with E-state index in [0.29, 0.717) is 6.04 Å². The Hall–Kier alpha value is -0.0700. The Labute approximate surface area is 122 Å². The van der Waals surface area contributed by atoms with Gasteiger partial charge in [0, 0.05) is 18.1 Å². The van der Waals surface area contributed by atoms with Gasteiger partial charge in [0.2, 0.25) is 0 Å². The maximum absolute atomic E-state index is 5.60. The van der Waals surface area contributed by atoms with E-state index in [1.54, 1.807) is 0 Å². The van der Waals surface area contributed by atoms with Crippen LogP contribution in [0, 0.1) is 3.77 Å². The second-order valence-electron chi connectivity index (χ2n) is 5.66. The van der Waals surface area contributed by atoms with Crippen LogP contribution in [0.5, 0.6) is 0 Å². The number of hydrogen-bond acceptors (Lipinski definition) is 3. The van der Waals surface area contributed by atoms with Crippen LogP contribution in [0.3, 0.4) is 0 Å². The molecule has 0 aliphatic carbocycles. The maximum Gasteiger partial charge on any atom is 0.164 e. The minimum atomic E-state index is 0.666. The van der Waals surface area contributed by atoms with E-state index >= 15 is 0 Å². The van der Waals surface area contributed by atoms with E-state index in [2.05, 4.69) is 45.9 Å². The Morgan fingerprint density at radius 1 is 1.33 bits per heavy atom. The average molecular weight is 360 g/mol. The predicted octanol–water partition coefficient (Wildman–Crippen LogP) is 2.99. The first-order valence-corrected chi connectivity index (χ1v) is 8.00. The zero-order valence-corrected chi connectivity index (χ0v) is 13.0. The van der Waals surface area contributed by atoms with Gasteiger partial charge in [-0.2, -0.15) is 0 Å². The molecule has 3 nitrogen and oxygen atoms in total. The van der Waals surface area contributed by atoms with Gasteiger partial charge in [0.15, 0.2) is 3.77 Å². The van der Waals surface area contributed by atoms with Crippen molar-refractivity contribution in [1.82, 2.24) is 10.2 Å². The smallest absolute Gasteiger partial charge is 0.164 e. The van der Waals surface area contributed by atoms with E-state index in [-0.39, 0.29) is 0 Å². The molecular weight excluding hydrogens is 339 g/mol. The van der Waals surface area contributed by atoms with Crippen molar-refractivity contribution in [3.63, 3.8) is 0 Å². The van der Waals surface area contributed by atoms with Crippen molar-refractivity contribution in [1.29, 1.82) is 0 Å². The Morgan fingerprint density at radius 2 is 2.06 bits per heavy atom. The third-order valence-corrected chi connectivity index (χ3v) is 5.11. The molecule has 2 fully saturated rings. The van der Waals surface area contributed by atoms with Gasteiger partial charge in [-0.15, -0.1) is 0 Å². The van der Waals surface area contributed by atoms with Gasteiger partial charge in [0.1, 0.15) is 5.76 Å².